The van der Waals surface area contributed by atoms with Crippen molar-refractivity contribution in [1.29, 1.82) is 0 Å². The SMILES string of the molecule is CC1CC(C)C(C)N(C(=O)CC(N)CC(C)(C)C)C1. The molecule has 1 fully saturated rings. The minimum Gasteiger partial charge on any atom is -0.339 e. The van der Waals surface area contributed by atoms with Gasteiger partial charge in [0.05, 0.1) is 0 Å². The average molecular weight is 268 g/mol. The Morgan fingerprint density at radius 1 is 1.32 bits per heavy atom. The van der Waals surface area contributed by atoms with Gasteiger partial charge in [0.15, 0.2) is 0 Å². The van der Waals surface area contributed by atoms with Crippen LogP contribution in [0.4, 0.5) is 0 Å². The summed E-state index contributed by atoms with van der Waals surface area (Å²) in [5.41, 5.74) is 6.32. The van der Waals surface area contributed by atoms with Gasteiger partial charge in [-0.3, -0.25) is 4.79 Å². The van der Waals surface area contributed by atoms with Crippen molar-refractivity contribution < 1.29 is 4.79 Å². The molecule has 1 amide bonds. The maximum Gasteiger partial charge on any atom is 0.224 e. The molecule has 1 aliphatic rings. The fourth-order valence-electron chi connectivity index (χ4n) is 3.24. The molecule has 1 saturated heterocycles. The second kappa shape index (κ2) is 6.25. The first-order valence-corrected chi connectivity index (χ1v) is 7.65. The second-order valence-electron chi connectivity index (χ2n) is 7.83. The van der Waals surface area contributed by atoms with Gasteiger partial charge in [0.2, 0.25) is 5.91 Å². The number of carbonyl (C=O) groups excluding carboxylic acids is 1. The van der Waals surface area contributed by atoms with Crippen LogP contribution in [0.25, 0.3) is 0 Å². The first-order valence-electron chi connectivity index (χ1n) is 7.65. The van der Waals surface area contributed by atoms with Gasteiger partial charge in [0.1, 0.15) is 0 Å². The highest BCUT2D eigenvalue weighted by molar-refractivity contribution is 5.77. The lowest BCUT2D eigenvalue weighted by molar-refractivity contribution is -0.137. The van der Waals surface area contributed by atoms with Gasteiger partial charge in [0.25, 0.3) is 0 Å². The van der Waals surface area contributed by atoms with Crippen LogP contribution in [0.15, 0.2) is 0 Å². The molecule has 3 nitrogen and oxygen atoms in total. The van der Waals surface area contributed by atoms with Crippen LogP contribution in [0.3, 0.4) is 0 Å². The molecule has 4 atom stereocenters. The van der Waals surface area contributed by atoms with Gasteiger partial charge < -0.3 is 10.6 Å². The van der Waals surface area contributed by atoms with Gasteiger partial charge in [-0.2, -0.15) is 0 Å². The van der Waals surface area contributed by atoms with Crippen molar-refractivity contribution >= 4 is 5.91 Å². The van der Waals surface area contributed by atoms with Crippen molar-refractivity contribution in [2.45, 2.75) is 72.9 Å². The zero-order valence-electron chi connectivity index (χ0n) is 13.6. The lowest BCUT2D eigenvalue weighted by Crippen LogP contribution is -2.50. The molecule has 1 heterocycles. The van der Waals surface area contributed by atoms with E-state index < -0.39 is 0 Å². The topological polar surface area (TPSA) is 46.3 Å². The zero-order valence-corrected chi connectivity index (χ0v) is 13.6. The number of carbonyl (C=O) groups is 1. The Bertz CT molecular complexity index is 308. The normalized spacial score (nSPS) is 30.3. The van der Waals surface area contributed by atoms with Crippen LogP contribution >= 0.6 is 0 Å². The van der Waals surface area contributed by atoms with Gasteiger partial charge in [-0.25, -0.2) is 0 Å². The third kappa shape index (κ3) is 5.13. The van der Waals surface area contributed by atoms with Gasteiger partial charge in [-0.15, -0.1) is 0 Å². The highest BCUT2D eigenvalue weighted by atomic mass is 16.2. The van der Waals surface area contributed by atoms with E-state index in [4.69, 9.17) is 5.73 Å². The number of likely N-dealkylation sites (tertiary alicyclic amines) is 1. The van der Waals surface area contributed by atoms with E-state index in [1.807, 2.05) is 0 Å². The molecule has 1 aliphatic heterocycles. The monoisotopic (exact) mass is 268 g/mol. The van der Waals surface area contributed by atoms with Crippen molar-refractivity contribution in [3.05, 3.63) is 0 Å². The first-order chi connectivity index (χ1) is 8.60. The van der Waals surface area contributed by atoms with E-state index in [-0.39, 0.29) is 17.4 Å². The number of rotatable bonds is 3. The van der Waals surface area contributed by atoms with Crippen molar-refractivity contribution in [3.63, 3.8) is 0 Å². The number of piperidine rings is 1. The molecule has 19 heavy (non-hydrogen) atoms. The highest BCUT2D eigenvalue weighted by Crippen LogP contribution is 2.28. The minimum absolute atomic E-state index is 0.0211. The molecule has 0 saturated carbocycles. The quantitative estimate of drug-likeness (QED) is 0.855. The summed E-state index contributed by atoms with van der Waals surface area (Å²) < 4.78 is 0. The molecule has 0 aliphatic carbocycles. The van der Waals surface area contributed by atoms with E-state index in [2.05, 4.69) is 46.4 Å². The third-order valence-corrected chi connectivity index (χ3v) is 4.23. The molecule has 0 aromatic carbocycles. The summed E-state index contributed by atoms with van der Waals surface area (Å²) in [6.07, 6.45) is 2.60. The van der Waals surface area contributed by atoms with E-state index in [9.17, 15) is 4.79 Å². The molecule has 0 radical (unpaired) electrons. The van der Waals surface area contributed by atoms with Gasteiger partial charge in [-0.1, -0.05) is 34.6 Å². The van der Waals surface area contributed by atoms with E-state index in [1.54, 1.807) is 0 Å². The first kappa shape index (κ1) is 16.5. The molecular formula is C16H32N2O. The molecule has 0 aromatic heterocycles. The van der Waals surface area contributed by atoms with Crippen LogP contribution in [0.5, 0.6) is 0 Å². The summed E-state index contributed by atoms with van der Waals surface area (Å²) in [5.74, 6) is 1.43. The Balaban J connectivity index is 2.57. The lowest BCUT2D eigenvalue weighted by atomic mass is 9.84. The standard InChI is InChI=1S/C16H32N2O/c1-11-7-12(2)13(3)18(10-11)15(19)8-14(17)9-16(4,5)6/h11-14H,7-10,17H2,1-6H3. The fourth-order valence-corrected chi connectivity index (χ4v) is 3.24. The van der Waals surface area contributed by atoms with Gasteiger partial charge in [-0.05, 0) is 37.0 Å². The summed E-state index contributed by atoms with van der Waals surface area (Å²) in [7, 11) is 0. The maximum atomic E-state index is 12.4. The van der Waals surface area contributed by atoms with Crippen LogP contribution in [-0.2, 0) is 4.79 Å². The van der Waals surface area contributed by atoms with E-state index in [0.717, 1.165) is 13.0 Å². The van der Waals surface area contributed by atoms with Gasteiger partial charge >= 0.3 is 0 Å². The molecule has 2 N–H and O–H groups in total. The van der Waals surface area contributed by atoms with Crippen LogP contribution in [-0.4, -0.2) is 29.4 Å². The van der Waals surface area contributed by atoms with Crippen LogP contribution < -0.4 is 5.73 Å². The molecule has 0 aromatic rings. The predicted molar refractivity (Wildman–Crippen MR) is 80.8 cm³/mol. The summed E-state index contributed by atoms with van der Waals surface area (Å²) in [6.45, 7) is 14.1. The summed E-state index contributed by atoms with van der Waals surface area (Å²) in [4.78, 5) is 14.5. The van der Waals surface area contributed by atoms with Crippen LogP contribution in [0.2, 0.25) is 0 Å². The van der Waals surface area contributed by atoms with Crippen molar-refractivity contribution in [1.82, 2.24) is 4.90 Å². The van der Waals surface area contributed by atoms with Crippen molar-refractivity contribution in [2.24, 2.45) is 23.0 Å². The second-order valence-corrected chi connectivity index (χ2v) is 7.83. The summed E-state index contributed by atoms with van der Waals surface area (Å²) >= 11 is 0. The number of nitrogens with zero attached hydrogens (tertiary/aromatic N) is 1. The number of hydrogen-bond acceptors (Lipinski definition) is 2. The molecular weight excluding hydrogens is 236 g/mol. The largest absolute Gasteiger partial charge is 0.339 e. The Labute approximate surface area is 118 Å². The van der Waals surface area contributed by atoms with Crippen LogP contribution in [0.1, 0.15) is 60.8 Å². The van der Waals surface area contributed by atoms with Gasteiger partial charge in [0, 0.05) is 25.0 Å². The maximum absolute atomic E-state index is 12.4. The fraction of sp³-hybridized carbons (Fsp3) is 0.938. The highest BCUT2D eigenvalue weighted by Gasteiger charge is 2.32. The lowest BCUT2D eigenvalue weighted by Gasteiger charge is -2.41. The molecule has 112 valence electrons. The predicted octanol–water partition coefficient (Wildman–Crippen LogP) is 3.03. The minimum atomic E-state index is -0.0211. The Hall–Kier alpha value is -0.570. The van der Waals surface area contributed by atoms with Crippen LogP contribution in [0, 0.1) is 17.3 Å². The Kier molecular flexibility index (Phi) is 5.43. The van der Waals surface area contributed by atoms with Crippen molar-refractivity contribution in [3.8, 4) is 0 Å². The Morgan fingerprint density at radius 2 is 1.89 bits per heavy atom. The van der Waals surface area contributed by atoms with Crippen molar-refractivity contribution in [2.75, 3.05) is 6.54 Å². The molecule has 4 unspecified atom stereocenters. The van der Waals surface area contributed by atoms with E-state index in [0.29, 0.717) is 24.3 Å². The summed E-state index contributed by atoms with van der Waals surface area (Å²) in [6, 6.07) is 0.331. The third-order valence-electron chi connectivity index (χ3n) is 4.23. The number of hydrogen-bond donors (Lipinski definition) is 1. The molecule has 0 spiro atoms. The zero-order chi connectivity index (χ0) is 14.8. The molecule has 3 heteroatoms. The molecule has 1 rings (SSSR count). The van der Waals surface area contributed by atoms with E-state index in [1.165, 1.54) is 6.42 Å². The smallest absolute Gasteiger partial charge is 0.224 e. The average Bonchev–Trinajstić information content (AvgIpc) is 2.20. The number of amides is 1. The van der Waals surface area contributed by atoms with E-state index >= 15 is 0 Å². The molecule has 0 bridgehead atoms. The summed E-state index contributed by atoms with van der Waals surface area (Å²) in [5, 5.41) is 0. The number of nitrogens with two attached hydrogens (primary N) is 1. The Morgan fingerprint density at radius 3 is 2.42 bits per heavy atom.